The van der Waals surface area contributed by atoms with E-state index in [1.165, 1.54) is 18.4 Å². The van der Waals surface area contributed by atoms with Crippen LogP contribution in [-0.2, 0) is 6.54 Å². The summed E-state index contributed by atoms with van der Waals surface area (Å²) in [6, 6.07) is 19.4. The summed E-state index contributed by atoms with van der Waals surface area (Å²) in [6.45, 7) is 6.35. The van der Waals surface area contributed by atoms with Crippen molar-refractivity contribution in [3.05, 3.63) is 83.2 Å². The van der Waals surface area contributed by atoms with E-state index in [4.69, 9.17) is 0 Å². The van der Waals surface area contributed by atoms with Gasteiger partial charge in [-0.05, 0) is 62.6 Å². The number of nitrogens with one attached hydrogen (secondary N) is 2. The fourth-order valence-electron chi connectivity index (χ4n) is 4.35. The van der Waals surface area contributed by atoms with Crippen molar-refractivity contribution in [1.82, 2.24) is 9.47 Å². The second-order valence-electron chi connectivity index (χ2n) is 8.72. The van der Waals surface area contributed by atoms with Crippen molar-refractivity contribution in [3.8, 4) is 0 Å². The molecule has 1 aliphatic heterocycles. The third-order valence-corrected chi connectivity index (χ3v) is 6.29. The Morgan fingerprint density at radius 1 is 0.818 bits per heavy atom. The molecule has 1 saturated heterocycles. The van der Waals surface area contributed by atoms with Gasteiger partial charge in [0.15, 0.2) is 0 Å². The van der Waals surface area contributed by atoms with Gasteiger partial charge in [-0.25, -0.2) is 4.79 Å². The molecule has 3 aromatic rings. The zero-order valence-corrected chi connectivity index (χ0v) is 19.4. The van der Waals surface area contributed by atoms with Crippen LogP contribution >= 0.6 is 0 Å². The Hall–Kier alpha value is -3.54. The largest absolute Gasteiger partial charge is 0.344 e. The summed E-state index contributed by atoms with van der Waals surface area (Å²) in [5, 5.41) is 5.95. The summed E-state index contributed by atoms with van der Waals surface area (Å²) in [6.07, 6.45) is 4.49. The van der Waals surface area contributed by atoms with Crippen LogP contribution < -0.4 is 10.6 Å². The maximum atomic E-state index is 13.0. The first-order valence-electron chi connectivity index (χ1n) is 11.7. The van der Waals surface area contributed by atoms with Crippen molar-refractivity contribution in [2.24, 2.45) is 0 Å². The summed E-state index contributed by atoms with van der Waals surface area (Å²) in [5.74, 6) is -0.135. The van der Waals surface area contributed by atoms with Crippen LogP contribution in [0.5, 0.6) is 0 Å². The number of hydrogen-bond acceptors (Lipinski definition) is 2. The van der Waals surface area contributed by atoms with Gasteiger partial charge in [0.2, 0.25) is 0 Å². The average molecular weight is 445 g/mol. The molecule has 1 aromatic heterocycles. The highest BCUT2D eigenvalue weighted by molar-refractivity contribution is 6.05. The quantitative estimate of drug-likeness (QED) is 0.521. The van der Waals surface area contributed by atoms with Crippen LogP contribution in [-0.4, -0.2) is 34.5 Å². The zero-order chi connectivity index (χ0) is 23.2. The Bertz CT molecular complexity index is 1100. The molecule has 3 amide bonds. The number of aryl methyl sites for hydroxylation is 1. The third-order valence-electron chi connectivity index (χ3n) is 6.29. The lowest BCUT2D eigenvalue weighted by Gasteiger charge is -2.20. The van der Waals surface area contributed by atoms with Crippen LogP contribution in [0.25, 0.3) is 0 Å². The fourth-order valence-corrected chi connectivity index (χ4v) is 4.35. The maximum Gasteiger partial charge on any atom is 0.321 e. The molecule has 0 bridgehead atoms. The summed E-state index contributed by atoms with van der Waals surface area (Å²) >= 11 is 0. The van der Waals surface area contributed by atoms with E-state index < -0.39 is 0 Å². The van der Waals surface area contributed by atoms with E-state index in [9.17, 15) is 9.59 Å². The Labute approximate surface area is 195 Å². The highest BCUT2D eigenvalue weighted by Gasteiger charge is 2.17. The van der Waals surface area contributed by atoms with E-state index in [1.807, 2.05) is 67.3 Å². The first kappa shape index (κ1) is 22.6. The topological polar surface area (TPSA) is 66.4 Å². The molecule has 1 aliphatic rings. The Balaban J connectivity index is 1.38. The van der Waals surface area contributed by atoms with E-state index in [-0.39, 0.29) is 11.9 Å². The van der Waals surface area contributed by atoms with Crippen LogP contribution in [0.1, 0.15) is 53.0 Å². The minimum absolute atomic E-state index is 0.0560. The predicted molar refractivity (Wildman–Crippen MR) is 133 cm³/mol. The first-order chi connectivity index (χ1) is 16.0. The molecule has 0 radical (unpaired) electrons. The van der Waals surface area contributed by atoms with Crippen LogP contribution in [0.4, 0.5) is 16.2 Å². The van der Waals surface area contributed by atoms with Gasteiger partial charge in [0.1, 0.15) is 0 Å². The number of likely N-dealkylation sites (tertiary alicyclic amines) is 1. The van der Waals surface area contributed by atoms with Gasteiger partial charge in [0.25, 0.3) is 5.91 Å². The van der Waals surface area contributed by atoms with Gasteiger partial charge >= 0.3 is 6.03 Å². The molecule has 0 spiro atoms. The summed E-state index contributed by atoms with van der Waals surface area (Å²) in [7, 11) is 0. The molecule has 0 unspecified atom stereocenters. The van der Waals surface area contributed by atoms with E-state index in [0.717, 1.165) is 49.6 Å². The van der Waals surface area contributed by atoms with E-state index in [2.05, 4.69) is 27.3 Å². The second kappa shape index (κ2) is 10.4. The van der Waals surface area contributed by atoms with Crippen LogP contribution in [0.15, 0.2) is 60.7 Å². The number of aromatic nitrogens is 1. The van der Waals surface area contributed by atoms with Crippen LogP contribution in [0.2, 0.25) is 0 Å². The summed E-state index contributed by atoms with van der Waals surface area (Å²) < 4.78 is 2.16. The number of hydrogen-bond donors (Lipinski definition) is 2. The van der Waals surface area contributed by atoms with E-state index in [0.29, 0.717) is 11.3 Å². The highest BCUT2D eigenvalue weighted by atomic mass is 16.2. The molecular formula is C27H32N4O2. The van der Waals surface area contributed by atoms with Gasteiger partial charge in [-0.3, -0.25) is 4.79 Å². The molecule has 172 valence electrons. The molecule has 4 rings (SSSR count). The minimum Gasteiger partial charge on any atom is -0.344 e. The Kier molecular flexibility index (Phi) is 7.13. The summed E-state index contributed by atoms with van der Waals surface area (Å²) in [4.78, 5) is 27.4. The molecule has 0 aliphatic carbocycles. The Morgan fingerprint density at radius 2 is 1.42 bits per heavy atom. The second-order valence-corrected chi connectivity index (χ2v) is 8.72. The van der Waals surface area contributed by atoms with Gasteiger partial charge in [-0.1, -0.05) is 43.2 Å². The lowest BCUT2D eigenvalue weighted by molar-refractivity contribution is 0.102. The van der Waals surface area contributed by atoms with Gasteiger partial charge in [-0.15, -0.1) is 0 Å². The van der Waals surface area contributed by atoms with Gasteiger partial charge in [0.05, 0.1) is 5.56 Å². The molecule has 6 heteroatoms. The number of anilines is 2. The molecule has 0 atom stereocenters. The summed E-state index contributed by atoms with van der Waals surface area (Å²) in [5.41, 5.74) is 5.28. The monoisotopic (exact) mass is 444 g/mol. The number of rotatable bonds is 5. The third kappa shape index (κ3) is 5.64. The van der Waals surface area contributed by atoms with Crippen molar-refractivity contribution in [3.63, 3.8) is 0 Å². The first-order valence-corrected chi connectivity index (χ1v) is 11.7. The number of benzene rings is 2. The molecular weight excluding hydrogens is 412 g/mol. The maximum absolute atomic E-state index is 13.0. The molecule has 0 saturated carbocycles. The van der Waals surface area contributed by atoms with Gasteiger partial charge in [0, 0.05) is 42.4 Å². The highest BCUT2D eigenvalue weighted by Crippen LogP contribution is 2.20. The molecule has 2 aromatic carbocycles. The standard InChI is InChI=1S/C27H32N4O2/c1-20-18-25(21(2)31(20)19-22-10-6-5-7-11-22)26(32)28-23-12-14-24(15-13-23)29-27(33)30-16-8-3-4-9-17-30/h5-7,10-15,18H,3-4,8-9,16-17,19H2,1-2H3,(H,28,32)(H,29,33). The lowest BCUT2D eigenvalue weighted by atomic mass is 10.2. The fraction of sp³-hybridized carbons (Fsp3) is 0.333. The van der Waals surface area contributed by atoms with Crippen LogP contribution in [0, 0.1) is 13.8 Å². The average Bonchev–Trinajstić information content (AvgIpc) is 3.01. The molecule has 2 heterocycles. The number of urea groups is 1. The number of amides is 3. The SMILES string of the molecule is Cc1cc(C(=O)Nc2ccc(NC(=O)N3CCCCCC3)cc2)c(C)n1Cc1ccccc1. The van der Waals surface area contributed by atoms with Crippen LogP contribution in [0.3, 0.4) is 0 Å². The Morgan fingerprint density at radius 3 is 2.06 bits per heavy atom. The van der Waals surface area contributed by atoms with Crippen molar-refractivity contribution in [1.29, 1.82) is 0 Å². The lowest BCUT2D eigenvalue weighted by Crippen LogP contribution is -2.35. The van der Waals surface area contributed by atoms with Crippen molar-refractivity contribution < 1.29 is 9.59 Å². The van der Waals surface area contributed by atoms with Gasteiger partial charge < -0.3 is 20.1 Å². The van der Waals surface area contributed by atoms with Crippen molar-refractivity contribution in [2.45, 2.75) is 46.1 Å². The van der Waals surface area contributed by atoms with Crippen molar-refractivity contribution >= 4 is 23.3 Å². The smallest absolute Gasteiger partial charge is 0.321 e. The van der Waals surface area contributed by atoms with E-state index in [1.54, 1.807) is 0 Å². The molecule has 2 N–H and O–H groups in total. The minimum atomic E-state index is -0.135. The molecule has 6 nitrogen and oxygen atoms in total. The predicted octanol–water partition coefficient (Wildman–Crippen LogP) is 5.81. The molecule has 33 heavy (non-hydrogen) atoms. The number of carbonyl (C=O) groups is 2. The number of nitrogens with zero attached hydrogens (tertiary/aromatic N) is 2. The van der Waals surface area contributed by atoms with Gasteiger partial charge in [-0.2, -0.15) is 0 Å². The zero-order valence-electron chi connectivity index (χ0n) is 19.4. The number of carbonyl (C=O) groups excluding carboxylic acids is 2. The molecule has 1 fully saturated rings. The van der Waals surface area contributed by atoms with Crippen molar-refractivity contribution in [2.75, 3.05) is 23.7 Å². The normalized spacial score (nSPS) is 13.9. The van der Waals surface area contributed by atoms with E-state index >= 15 is 0 Å².